The third kappa shape index (κ3) is 3.99. The molecule has 0 amide bonds. The van der Waals surface area contributed by atoms with Gasteiger partial charge in [-0.3, -0.25) is 4.99 Å². The molecule has 64 valence electrons. The number of nitriles is 1. The SMILES string of the molecule is C=C/N=C(\C)SC(=C)C(C)C#N. The minimum atomic E-state index is -0.134. The van der Waals surface area contributed by atoms with Gasteiger partial charge in [0.1, 0.15) is 0 Å². The van der Waals surface area contributed by atoms with Gasteiger partial charge in [0.15, 0.2) is 0 Å². The highest BCUT2D eigenvalue weighted by Crippen LogP contribution is 2.22. The summed E-state index contributed by atoms with van der Waals surface area (Å²) < 4.78 is 0. The number of allylic oxidation sites excluding steroid dienone is 1. The number of thioether (sulfide) groups is 1. The predicted octanol–water partition coefficient (Wildman–Crippen LogP) is 2.95. The van der Waals surface area contributed by atoms with Crippen LogP contribution < -0.4 is 0 Å². The Kier molecular flexibility index (Phi) is 5.14. The fourth-order valence-electron chi connectivity index (χ4n) is 0.505. The van der Waals surface area contributed by atoms with Crippen molar-refractivity contribution in [2.75, 3.05) is 0 Å². The summed E-state index contributed by atoms with van der Waals surface area (Å²) in [6.45, 7) is 10.9. The maximum Gasteiger partial charge on any atom is 0.0744 e. The fraction of sp³-hybridized carbons (Fsp3) is 0.333. The zero-order valence-corrected chi connectivity index (χ0v) is 8.19. The number of hydrogen-bond donors (Lipinski definition) is 0. The third-order valence-corrected chi connectivity index (χ3v) is 2.25. The molecule has 0 rings (SSSR count). The van der Waals surface area contributed by atoms with Gasteiger partial charge in [0.2, 0.25) is 0 Å². The van der Waals surface area contributed by atoms with E-state index in [9.17, 15) is 0 Å². The summed E-state index contributed by atoms with van der Waals surface area (Å²) in [5.41, 5.74) is 0. The van der Waals surface area contributed by atoms with E-state index in [1.807, 2.05) is 13.8 Å². The summed E-state index contributed by atoms with van der Waals surface area (Å²) in [5.74, 6) is -0.134. The highest BCUT2D eigenvalue weighted by molar-refractivity contribution is 8.17. The number of aliphatic imine (C=N–C) groups is 1. The average molecular weight is 180 g/mol. The zero-order valence-electron chi connectivity index (χ0n) is 7.37. The quantitative estimate of drug-likeness (QED) is 0.494. The predicted molar refractivity (Wildman–Crippen MR) is 54.8 cm³/mol. The molecule has 0 aromatic heterocycles. The minimum Gasteiger partial charge on any atom is -0.255 e. The Morgan fingerprint density at radius 1 is 1.75 bits per heavy atom. The van der Waals surface area contributed by atoms with Crippen LogP contribution in [-0.4, -0.2) is 5.04 Å². The monoisotopic (exact) mass is 180 g/mol. The molecule has 0 saturated heterocycles. The lowest BCUT2D eigenvalue weighted by molar-refractivity contribution is 0.944. The van der Waals surface area contributed by atoms with Crippen molar-refractivity contribution in [3.8, 4) is 6.07 Å². The Morgan fingerprint density at radius 2 is 2.33 bits per heavy atom. The van der Waals surface area contributed by atoms with Gasteiger partial charge in [-0.15, -0.1) is 0 Å². The van der Waals surface area contributed by atoms with Crippen molar-refractivity contribution in [1.29, 1.82) is 5.26 Å². The molecule has 0 spiro atoms. The maximum atomic E-state index is 8.56. The second-order valence-electron chi connectivity index (χ2n) is 2.25. The van der Waals surface area contributed by atoms with Gasteiger partial charge >= 0.3 is 0 Å². The van der Waals surface area contributed by atoms with Gasteiger partial charge in [0, 0.05) is 11.1 Å². The van der Waals surface area contributed by atoms with E-state index in [0.29, 0.717) is 0 Å². The molecule has 0 heterocycles. The van der Waals surface area contributed by atoms with Crippen LogP contribution in [0.15, 0.2) is 29.3 Å². The van der Waals surface area contributed by atoms with Gasteiger partial charge in [0.05, 0.1) is 17.0 Å². The number of hydrogen-bond acceptors (Lipinski definition) is 3. The molecule has 2 nitrogen and oxygen atoms in total. The normalized spacial score (nSPS) is 13.2. The van der Waals surface area contributed by atoms with Crippen LogP contribution in [0.1, 0.15) is 13.8 Å². The second kappa shape index (κ2) is 5.62. The Morgan fingerprint density at radius 3 is 2.75 bits per heavy atom. The van der Waals surface area contributed by atoms with Crippen LogP contribution in [0.2, 0.25) is 0 Å². The van der Waals surface area contributed by atoms with Crippen LogP contribution in [0.4, 0.5) is 0 Å². The van der Waals surface area contributed by atoms with Crippen LogP contribution in [0.25, 0.3) is 0 Å². The molecule has 0 fully saturated rings. The van der Waals surface area contributed by atoms with E-state index >= 15 is 0 Å². The average Bonchev–Trinajstić information content (AvgIpc) is 2.03. The minimum absolute atomic E-state index is 0.134. The van der Waals surface area contributed by atoms with Gasteiger partial charge in [-0.2, -0.15) is 5.26 Å². The molecule has 0 aromatic rings. The van der Waals surface area contributed by atoms with E-state index in [1.165, 1.54) is 18.0 Å². The molecule has 0 aliphatic heterocycles. The summed E-state index contributed by atoms with van der Waals surface area (Å²) >= 11 is 1.42. The smallest absolute Gasteiger partial charge is 0.0744 e. The standard InChI is InChI=1S/C9H12N2S/c1-5-11-9(4)12-8(3)7(2)6-10/h5,7H,1,3H2,2,4H3/b11-9+. The summed E-state index contributed by atoms with van der Waals surface area (Å²) in [5, 5.41) is 9.42. The molecule has 0 radical (unpaired) electrons. The molecule has 1 unspecified atom stereocenters. The molecule has 0 N–H and O–H groups in total. The molecule has 0 aliphatic rings. The lowest BCUT2D eigenvalue weighted by Gasteiger charge is -2.04. The molecular formula is C9H12N2S. The fourth-order valence-corrected chi connectivity index (χ4v) is 1.24. The van der Waals surface area contributed by atoms with Crippen molar-refractivity contribution < 1.29 is 0 Å². The first-order valence-corrected chi connectivity index (χ1v) is 4.35. The van der Waals surface area contributed by atoms with Gasteiger partial charge in [-0.05, 0) is 13.8 Å². The Bertz CT molecular complexity index is 248. The summed E-state index contributed by atoms with van der Waals surface area (Å²) in [4.78, 5) is 4.77. The van der Waals surface area contributed by atoms with Crippen LogP contribution in [0.3, 0.4) is 0 Å². The van der Waals surface area contributed by atoms with Crippen molar-refractivity contribution in [2.45, 2.75) is 13.8 Å². The Balaban J connectivity index is 4.11. The first kappa shape index (κ1) is 11.0. The van der Waals surface area contributed by atoms with Crippen molar-refractivity contribution in [3.05, 3.63) is 24.3 Å². The van der Waals surface area contributed by atoms with Gasteiger partial charge in [0.25, 0.3) is 0 Å². The van der Waals surface area contributed by atoms with Crippen LogP contribution in [0, 0.1) is 17.2 Å². The van der Waals surface area contributed by atoms with E-state index in [-0.39, 0.29) is 5.92 Å². The highest BCUT2D eigenvalue weighted by atomic mass is 32.2. The first-order valence-electron chi connectivity index (χ1n) is 3.53. The maximum absolute atomic E-state index is 8.56. The molecule has 0 bridgehead atoms. The van der Waals surface area contributed by atoms with Crippen molar-refractivity contribution >= 4 is 16.8 Å². The second-order valence-corrected chi connectivity index (χ2v) is 3.57. The summed E-state index contributed by atoms with van der Waals surface area (Å²) in [6, 6.07) is 2.11. The first-order chi connectivity index (χ1) is 5.61. The Labute approximate surface area is 77.7 Å². The van der Waals surface area contributed by atoms with E-state index in [4.69, 9.17) is 5.26 Å². The molecule has 0 aromatic carbocycles. The third-order valence-electron chi connectivity index (χ3n) is 1.23. The van der Waals surface area contributed by atoms with E-state index in [0.717, 1.165) is 9.95 Å². The van der Waals surface area contributed by atoms with Crippen molar-refractivity contribution in [2.24, 2.45) is 10.9 Å². The van der Waals surface area contributed by atoms with Crippen LogP contribution in [-0.2, 0) is 0 Å². The lowest BCUT2D eigenvalue weighted by atomic mass is 10.2. The van der Waals surface area contributed by atoms with Gasteiger partial charge in [-0.25, -0.2) is 0 Å². The molecule has 12 heavy (non-hydrogen) atoms. The summed E-state index contributed by atoms with van der Waals surface area (Å²) in [7, 11) is 0. The number of rotatable bonds is 3. The van der Waals surface area contributed by atoms with Crippen LogP contribution in [0.5, 0.6) is 0 Å². The topological polar surface area (TPSA) is 36.1 Å². The highest BCUT2D eigenvalue weighted by Gasteiger charge is 2.06. The molecule has 3 heteroatoms. The van der Waals surface area contributed by atoms with E-state index < -0.39 is 0 Å². The molecule has 1 atom stereocenters. The zero-order chi connectivity index (χ0) is 9.56. The lowest BCUT2D eigenvalue weighted by Crippen LogP contribution is -1.93. The van der Waals surface area contributed by atoms with Crippen molar-refractivity contribution in [3.63, 3.8) is 0 Å². The Hall–Kier alpha value is -1.01. The molecular weight excluding hydrogens is 168 g/mol. The largest absolute Gasteiger partial charge is 0.255 e. The van der Waals surface area contributed by atoms with Crippen molar-refractivity contribution in [1.82, 2.24) is 0 Å². The van der Waals surface area contributed by atoms with E-state index in [2.05, 4.69) is 24.2 Å². The number of nitrogens with zero attached hydrogens (tertiary/aromatic N) is 2. The van der Waals surface area contributed by atoms with Gasteiger partial charge < -0.3 is 0 Å². The molecule has 0 aliphatic carbocycles. The van der Waals surface area contributed by atoms with Crippen LogP contribution >= 0.6 is 11.8 Å². The van der Waals surface area contributed by atoms with E-state index in [1.54, 1.807) is 0 Å². The van der Waals surface area contributed by atoms with Gasteiger partial charge in [-0.1, -0.05) is 24.9 Å². The summed E-state index contributed by atoms with van der Waals surface area (Å²) in [6.07, 6.45) is 1.48. The molecule has 0 saturated carbocycles.